The van der Waals surface area contributed by atoms with Crippen LogP contribution in [-0.4, -0.2) is 0 Å². The molecule has 0 radical (unpaired) electrons. The van der Waals surface area contributed by atoms with Crippen LogP contribution in [-0.2, 0) is 32.6 Å². The topological polar surface area (TPSA) is 0 Å². The molecule has 1 saturated carbocycles. The minimum absolute atomic E-state index is 0. The van der Waals surface area contributed by atoms with E-state index in [1.807, 2.05) is 3.28 Å². The molecule has 0 aliphatic heterocycles. The summed E-state index contributed by atoms with van der Waals surface area (Å²) in [4.78, 5) is 0. The molecule has 7 rings (SSSR count). The van der Waals surface area contributed by atoms with Crippen molar-refractivity contribution >= 4 is 23.2 Å². The third-order valence-corrected chi connectivity index (χ3v) is 20.6. The van der Waals surface area contributed by atoms with Crippen LogP contribution in [0.15, 0.2) is 94.3 Å². The Hall–Kier alpha value is -1.60. The summed E-state index contributed by atoms with van der Waals surface area (Å²) in [6, 6.07) is 27.5. The van der Waals surface area contributed by atoms with Crippen LogP contribution in [0, 0.1) is 0 Å². The smallest absolute Gasteiger partial charge is 1.00 e. The first-order chi connectivity index (χ1) is 22.4. The molecule has 0 amide bonds. The van der Waals surface area contributed by atoms with Gasteiger partial charge in [0.25, 0.3) is 0 Å². The van der Waals surface area contributed by atoms with Gasteiger partial charge in [0.15, 0.2) is 0 Å². The normalized spacial score (nSPS) is 16.0. The monoisotopic (exact) mass is 805 g/mol. The maximum absolute atomic E-state index is 6.42. The van der Waals surface area contributed by atoms with Gasteiger partial charge in [-0.1, -0.05) is 0 Å². The molecule has 0 N–H and O–H groups in total. The Morgan fingerprint density at radius 1 is 0.592 bits per heavy atom. The van der Waals surface area contributed by atoms with Crippen LogP contribution in [0.3, 0.4) is 0 Å². The molecule has 0 aromatic heterocycles. The molecule has 0 atom stereocenters. The fourth-order valence-electron chi connectivity index (χ4n) is 8.42. The average Bonchev–Trinajstić information content (AvgIpc) is 3.67. The minimum Gasteiger partial charge on any atom is -1.00 e. The standard InChI is InChI=1S/C33H31Cl2.C6H11.C5H5.2ClH.Zr/c1-32(2,3)30-18-26-22(16-28(30)20-7-11-24(34)12-8-20)15-23-17-29(21-9-13-25(35)14-10-21)31(19-27(23)26)33(4,5)6;1-2-4-6-5-3-1;1-2-4-5-3-1;;;/h7-19H,1-6H3;1H,2-6H2;1-3H,4H2;2*1H;/q;;;;;+2/p-2. The van der Waals surface area contributed by atoms with Gasteiger partial charge in [0.05, 0.1) is 0 Å². The first kappa shape index (κ1) is 38.6. The zero-order valence-corrected chi connectivity index (χ0v) is 35.1. The van der Waals surface area contributed by atoms with E-state index < -0.39 is 21.8 Å². The number of hydrogen-bond acceptors (Lipinski definition) is 0. The first-order valence-electron chi connectivity index (χ1n) is 17.5. The summed E-state index contributed by atoms with van der Waals surface area (Å²) in [6.07, 6.45) is 15.4. The minimum atomic E-state index is -2.32. The average molecular weight is 809 g/mol. The predicted molar refractivity (Wildman–Crippen MR) is 201 cm³/mol. The van der Waals surface area contributed by atoms with Crippen molar-refractivity contribution in [3.05, 3.63) is 127 Å². The second-order valence-electron chi connectivity index (χ2n) is 16.0. The summed E-state index contributed by atoms with van der Waals surface area (Å²) >= 11 is 10.5. The molecule has 3 aliphatic carbocycles. The van der Waals surface area contributed by atoms with E-state index in [9.17, 15) is 0 Å². The summed E-state index contributed by atoms with van der Waals surface area (Å²) < 4.78 is 3.18. The largest absolute Gasteiger partial charge is 1.00 e. The van der Waals surface area contributed by atoms with E-state index in [4.69, 9.17) is 23.2 Å². The van der Waals surface area contributed by atoms with Gasteiger partial charge >= 0.3 is 303 Å². The van der Waals surface area contributed by atoms with E-state index in [-0.39, 0.29) is 35.6 Å². The Morgan fingerprint density at radius 2 is 1.04 bits per heavy atom. The van der Waals surface area contributed by atoms with E-state index in [0.29, 0.717) is 3.63 Å². The van der Waals surface area contributed by atoms with Gasteiger partial charge in [0.1, 0.15) is 0 Å². The predicted octanol–water partition coefficient (Wildman–Crippen LogP) is 8.21. The first-order valence-corrected chi connectivity index (χ1v) is 22.3. The molecule has 0 heterocycles. The Bertz CT molecular complexity index is 1750. The molecule has 0 bridgehead atoms. The fourth-order valence-corrected chi connectivity index (χ4v) is 19.0. The Kier molecular flexibility index (Phi) is 12.0. The number of rotatable bonds is 5. The van der Waals surface area contributed by atoms with E-state index in [0.717, 1.165) is 20.1 Å². The summed E-state index contributed by atoms with van der Waals surface area (Å²) in [6.45, 7) is 14.2. The van der Waals surface area contributed by atoms with Gasteiger partial charge < -0.3 is 24.8 Å². The van der Waals surface area contributed by atoms with Gasteiger partial charge in [-0.2, -0.15) is 0 Å². The molecule has 0 nitrogen and oxygen atoms in total. The van der Waals surface area contributed by atoms with Crippen LogP contribution in [0.5, 0.6) is 0 Å². The molecule has 255 valence electrons. The zero-order valence-electron chi connectivity index (χ0n) is 29.6. The molecule has 0 saturated heterocycles. The van der Waals surface area contributed by atoms with Crippen molar-refractivity contribution in [1.29, 1.82) is 0 Å². The van der Waals surface area contributed by atoms with Crippen LogP contribution in [0.1, 0.15) is 106 Å². The fraction of sp³-hybridized carbons (Fsp3) is 0.364. The molecule has 5 heteroatoms. The molecular weight excluding hydrogens is 762 g/mol. The zero-order chi connectivity index (χ0) is 33.1. The molecule has 1 fully saturated rings. The molecule has 49 heavy (non-hydrogen) atoms. The Balaban J connectivity index is 0.00000234. The van der Waals surface area contributed by atoms with Gasteiger partial charge in [-0.3, -0.25) is 0 Å². The van der Waals surface area contributed by atoms with Crippen molar-refractivity contribution in [2.45, 2.75) is 98.1 Å². The van der Waals surface area contributed by atoms with Gasteiger partial charge in [-0.15, -0.1) is 0 Å². The maximum atomic E-state index is 6.42. The van der Waals surface area contributed by atoms with Crippen molar-refractivity contribution in [1.82, 2.24) is 0 Å². The van der Waals surface area contributed by atoms with Crippen LogP contribution < -0.4 is 24.8 Å². The number of fused-ring (bicyclic) bond motifs is 3. The third kappa shape index (κ3) is 7.64. The Labute approximate surface area is 325 Å². The van der Waals surface area contributed by atoms with E-state index in [2.05, 4.69) is 133 Å². The number of benzene rings is 4. The quantitative estimate of drug-likeness (QED) is 0.191. The number of halogens is 4. The second kappa shape index (κ2) is 15.2. The summed E-state index contributed by atoms with van der Waals surface area (Å²) in [5, 5.41) is 1.57. The van der Waals surface area contributed by atoms with E-state index in [1.165, 1.54) is 76.6 Å². The van der Waals surface area contributed by atoms with Crippen molar-refractivity contribution in [3.63, 3.8) is 0 Å². The molecule has 4 aromatic carbocycles. The van der Waals surface area contributed by atoms with Gasteiger partial charge in [0.2, 0.25) is 0 Å². The summed E-state index contributed by atoms with van der Waals surface area (Å²) in [5.74, 6) is 0. The SMILES string of the molecule is CC(C)(C)c1cc2c(cc1-c1ccc(Cl)cc1)[CH]([Zr+2]([C]1=CC=CC1)[CH]1CCCCC1)c1cc(-c3ccc(Cl)cc3)c(C(C)(C)C)cc1-2.[Cl-].[Cl-]. The van der Waals surface area contributed by atoms with Crippen LogP contribution in [0.2, 0.25) is 13.7 Å². The summed E-state index contributed by atoms with van der Waals surface area (Å²) in [7, 11) is 0. The van der Waals surface area contributed by atoms with Gasteiger partial charge in [-0.05, 0) is 0 Å². The molecule has 0 spiro atoms. The molecule has 4 aromatic rings. The van der Waals surface area contributed by atoms with Gasteiger partial charge in [-0.25, -0.2) is 0 Å². The third-order valence-electron chi connectivity index (χ3n) is 10.7. The molecule has 3 aliphatic rings. The van der Waals surface area contributed by atoms with Crippen LogP contribution in [0.25, 0.3) is 33.4 Å². The van der Waals surface area contributed by atoms with Crippen molar-refractivity contribution < 1.29 is 46.6 Å². The van der Waals surface area contributed by atoms with Gasteiger partial charge in [0, 0.05) is 0 Å². The van der Waals surface area contributed by atoms with Crippen molar-refractivity contribution in [2.75, 3.05) is 0 Å². The van der Waals surface area contributed by atoms with Crippen molar-refractivity contribution in [3.8, 4) is 33.4 Å². The van der Waals surface area contributed by atoms with Crippen LogP contribution in [0.4, 0.5) is 0 Å². The molecular formula is C44H47Cl4Zr. The second-order valence-corrected chi connectivity index (χ2v) is 24.1. The number of hydrogen-bond donors (Lipinski definition) is 0. The number of allylic oxidation sites excluding steroid dienone is 4. The summed E-state index contributed by atoms with van der Waals surface area (Å²) in [5.41, 5.74) is 14.2. The van der Waals surface area contributed by atoms with E-state index in [1.54, 1.807) is 11.1 Å². The molecule has 0 unspecified atom stereocenters. The maximum Gasteiger partial charge on any atom is -1.00 e. The van der Waals surface area contributed by atoms with Crippen LogP contribution >= 0.6 is 23.2 Å². The Morgan fingerprint density at radius 3 is 1.43 bits per heavy atom. The van der Waals surface area contributed by atoms with Crippen molar-refractivity contribution in [2.24, 2.45) is 0 Å². The van der Waals surface area contributed by atoms with E-state index >= 15 is 0 Å².